The van der Waals surface area contributed by atoms with Gasteiger partial charge < -0.3 is 10.1 Å². The Kier molecular flexibility index (Phi) is 6.47. The second-order valence-electron chi connectivity index (χ2n) is 6.92. The Bertz CT molecular complexity index is 1190. The zero-order valence-corrected chi connectivity index (χ0v) is 18.2. The van der Waals surface area contributed by atoms with Gasteiger partial charge in [-0.3, -0.25) is 4.79 Å². The molecule has 1 aromatic heterocycles. The Balaban J connectivity index is 1.44. The van der Waals surface area contributed by atoms with E-state index in [0.29, 0.717) is 17.5 Å². The van der Waals surface area contributed by atoms with Crippen LogP contribution < -0.4 is 10.1 Å². The largest absolute Gasteiger partial charge is 0.492 e. The van der Waals surface area contributed by atoms with Gasteiger partial charge in [0.15, 0.2) is 0 Å². The van der Waals surface area contributed by atoms with Crippen LogP contribution in [0.5, 0.6) is 5.75 Å². The number of fused-ring (bicyclic) bond motifs is 1. The quantitative estimate of drug-likeness (QED) is 0.420. The van der Waals surface area contributed by atoms with Gasteiger partial charge in [-0.15, -0.1) is 5.10 Å². The Morgan fingerprint density at radius 2 is 1.87 bits per heavy atom. The van der Waals surface area contributed by atoms with Crippen molar-refractivity contribution in [1.82, 2.24) is 25.5 Å². The average Bonchev–Trinajstić information content (AvgIpc) is 3.26. The molecule has 0 saturated heterocycles. The minimum absolute atomic E-state index is 0.0851. The second kappa shape index (κ2) is 9.61. The molecule has 0 aliphatic rings. The fraction of sp³-hybridized carbons (Fsp3) is 0.217. The van der Waals surface area contributed by atoms with Crippen LogP contribution in [0, 0.1) is 0 Å². The van der Waals surface area contributed by atoms with Crippen LogP contribution in [0.1, 0.15) is 25.5 Å². The summed E-state index contributed by atoms with van der Waals surface area (Å²) in [4.78, 5) is 12.6. The van der Waals surface area contributed by atoms with Crippen molar-refractivity contribution in [2.24, 2.45) is 0 Å². The number of nitrogens with zero attached hydrogens (tertiary/aromatic N) is 4. The highest BCUT2D eigenvalue weighted by Crippen LogP contribution is 2.27. The van der Waals surface area contributed by atoms with Crippen molar-refractivity contribution in [2.45, 2.75) is 25.0 Å². The van der Waals surface area contributed by atoms with Gasteiger partial charge in [0, 0.05) is 0 Å². The summed E-state index contributed by atoms with van der Waals surface area (Å²) in [6, 6.07) is 21.7. The molecule has 0 fully saturated rings. The lowest BCUT2D eigenvalue weighted by molar-refractivity contribution is -0.119. The molecule has 3 aromatic carbocycles. The summed E-state index contributed by atoms with van der Waals surface area (Å²) in [5.74, 6) is 0.804. The van der Waals surface area contributed by atoms with Crippen molar-refractivity contribution in [3.8, 4) is 11.4 Å². The number of ether oxygens (including phenoxy) is 1. The molecule has 7 nitrogen and oxygen atoms in total. The lowest BCUT2D eigenvalue weighted by Crippen LogP contribution is -2.28. The molecule has 8 heteroatoms. The average molecular weight is 434 g/mol. The van der Waals surface area contributed by atoms with Crippen LogP contribution in [0.3, 0.4) is 0 Å². The smallest absolute Gasteiger partial charge is 0.230 e. The molecule has 4 rings (SSSR count). The summed E-state index contributed by atoms with van der Waals surface area (Å²) in [5, 5.41) is 17.8. The summed E-state index contributed by atoms with van der Waals surface area (Å²) >= 11 is 1.28. The standard InChI is InChI=1S/C23H23N5O2S/c1-3-30-21-14-7-6-13-20(21)28-23(25-26-27-28)31-15-22(29)24-16(2)18-12-8-10-17-9-4-5-11-19(17)18/h4-14,16H,3,15H2,1-2H3,(H,24,29). The van der Waals surface area contributed by atoms with Crippen molar-refractivity contribution in [2.75, 3.05) is 12.4 Å². The van der Waals surface area contributed by atoms with E-state index in [1.807, 2.05) is 62.4 Å². The fourth-order valence-corrected chi connectivity index (χ4v) is 4.14. The number of hydrogen-bond acceptors (Lipinski definition) is 6. The topological polar surface area (TPSA) is 81.9 Å². The van der Waals surface area contributed by atoms with Crippen molar-refractivity contribution in [3.63, 3.8) is 0 Å². The number of rotatable bonds is 8. The molecule has 1 atom stereocenters. The number of nitrogens with one attached hydrogen (secondary N) is 1. The predicted molar refractivity (Wildman–Crippen MR) is 122 cm³/mol. The molecule has 0 radical (unpaired) electrons. The summed E-state index contributed by atoms with van der Waals surface area (Å²) in [6.07, 6.45) is 0. The lowest BCUT2D eigenvalue weighted by Gasteiger charge is -2.16. The number of aromatic nitrogens is 4. The van der Waals surface area contributed by atoms with Gasteiger partial charge >= 0.3 is 0 Å². The van der Waals surface area contributed by atoms with Crippen LogP contribution in [0.4, 0.5) is 0 Å². The molecule has 0 spiro atoms. The maximum atomic E-state index is 12.6. The minimum atomic E-state index is -0.117. The maximum Gasteiger partial charge on any atom is 0.230 e. The molecule has 1 amide bonds. The normalized spacial score (nSPS) is 11.9. The molecule has 0 aliphatic carbocycles. The van der Waals surface area contributed by atoms with Crippen molar-refractivity contribution in [3.05, 3.63) is 72.3 Å². The number of carbonyl (C=O) groups excluding carboxylic acids is 1. The van der Waals surface area contributed by atoms with Crippen molar-refractivity contribution >= 4 is 28.4 Å². The number of carbonyl (C=O) groups is 1. The number of hydrogen-bond donors (Lipinski definition) is 1. The lowest BCUT2D eigenvalue weighted by atomic mass is 10.00. The molecule has 0 saturated carbocycles. The Morgan fingerprint density at radius 1 is 1.10 bits per heavy atom. The third kappa shape index (κ3) is 4.69. The van der Waals surface area contributed by atoms with Gasteiger partial charge in [-0.2, -0.15) is 4.68 Å². The second-order valence-corrected chi connectivity index (χ2v) is 7.86. The van der Waals surface area contributed by atoms with Gasteiger partial charge in [0.2, 0.25) is 11.1 Å². The van der Waals surface area contributed by atoms with Gasteiger partial charge in [-0.05, 0) is 52.7 Å². The van der Waals surface area contributed by atoms with Gasteiger partial charge in [0.05, 0.1) is 18.4 Å². The van der Waals surface area contributed by atoms with E-state index in [2.05, 4.69) is 39.0 Å². The van der Waals surface area contributed by atoms with E-state index in [4.69, 9.17) is 4.74 Å². The Labute approximate surface area is 184 Å². The third-order valence-corrected chi connectivity index (χ3v) is 5.75. The molecule has 158 valence electrons. The van der Waals surface area contributed by atoms with E-state index in [1.54, 1.807) is 4.68 Å². The predicted octanol–water partition coefficient (Wildman–Crippen LogP) is 4.18. The molecule has 0 aliphatic heterocycles. The van der Waals surface area contributed by atoms with Crippen LogP contribution in [0.25, 0.3) is 16.5 Å². The van der Waals surface area contributed by atoms with Crippen LogP contribution in [0.15, 0.2) is 71.9 Å². The number of tetrazole rings is 1. The zero-order chi connectivity index (χ0) is 21.6. The number of para-hydroxylation sites is 2. The summed E-state index contributed by atoms with van der Waals surface area (Å²) in [6.45, 7) is 4.45. The van der Waals surface area contributed by atoms with E-state index >= 15 is 0 Å². The van der Waals surface area contributed by atoms with E-state index in [-0.39, 0.29) is 17.7 Å². The van der Waals surface area contributed by atoms with Crippen LogP contribution in [-0.4, -0.2) is 38.5 Å². The first-order valence-corrected chi connectivity index (χ1v) is 11.1. The number of amides is 1. The van der Waals surface area contributed by atoms with Crippen LogP contribution >= 0.6 is 11.8 Å². The monoisotopic (exact) mass is 433 g/mol. The van der Waals surface area contributed by atoms with Gasteiger partial charge in [-0.1, -0.05) is 66.4 Å². The first-order chi connectivity index (χ1) is 15.2. The molecular formula is C23H23N5O2S. The van der Waals surface area contributed by atoms with E-state index in [0.717, 1.165) is 22.0 Å². The summed E-state index contributed by atoms with van der Waals surface area (Å²) in [7, 11) is 0. The van der Waals surface area contributed by atoms with E-state index in [9.17, 15) is 4.79 Å². The Morgan fingerprint density at radius 3 is 2.74 bits per heavy atom. The molecule has 1 N–H and O–H groups in total. The van der Waals surface area contributed by atoms with Crippen molar-refractivity contribution in [1.29, 1.82) is 0 Å². The molecule has 4 aromatic rings. The summed E-state index contributed by atoms with van der Waals surface area (Å²) < 4.78 is 7.27. The summed E-state index contributed by atoms with van der Waals surface area (Å²) in [5.41, 5.74) is 1.83. The number of thioether (sulfide) groups is 1. The minimum Gasteiger partial charge on any atom is -0.492 e. The first-order valence-electron chi connectivity index (χ1n) is 10.1. The van der Waals surface area contributed by atoms with Gasteiger partial charge in [-0.25, -0.2) is 0 Å². The van der Waals surface area contributed by atoms with Gasteiger partial charge in [0.1, 0.15) is 11.4 Å². The van der Waals surface area contributed by atoms with E-state index < -0.39 is 0 Å². The highest BCUT2D eigenvalue weighted by molar-refractivity contribution is 7.99. The molecule has 31 heavy (non-hydrogen) atoms. The van der Waals surface area contributed by atoms with Crippen molar-refractivity contribution < 1.29 is 9.53 Å². The first kappa shape index (κ1) is 20.9. The molecule has 0 bridgehead atoms. The highest BCUT2D eigenvalue weighted by Gasteiger charge is 2.17. The maximum absolute atomic E-state index is 12.6. The molecular weight excluding hydrogens is 410 g/mol. The van der Waals surface area contributed by atoms with E-state index in [1.165, 1.54) is 11.8 Å². The number of benzene rings is 3. The molecule has 1 unspecified atom stereocenters. The van der Waals surface area contributed by atoms with Crippen LogP contribution in [0.2, 0.25) is 0 Å². The SMILES string of the molecule is CCOc1ccccc1-n1nnnc1SCC(=O)NC(C)c1cccc2ccccc12. The highest BCUT2D eigenvalue weighted by atomic mass is 32.2. The third-order valence-electron chi connectivity index (χ3n) is 4.83. The zero-order valence-electron chi connectivity index (χ0n) is 17.4. The van der Waals surface area contributed by atoms with Gasteiger partial charge in [0.25, 0.3) is 0 Å². The molecule has 1 heterocycles. The van der Waals surface area contributed by atoms with Crippen LogP contribution in [-0.2, 0) is 4.79 Å². The Hall–Kier alpha value is -3.39. The fourth-order valence-electron chi connectivity index (χ4n) is 3.45.